The van der Waals surface area contributed by atoms with Gasteiger partial charge in [-0.25, -0.2) is 14.4 Å². The van der Waals surface area contributed by atoms with Crippen LogP contribution in [-0.4, -0.2) is 85.0 Å². The maximum absolute atomic E-state index is 15.5. The van der Waals surface area contributed by atoms with Crippen LogP contribution >= 0.6 is 0 Å². The second-order valence-corrected chi connectivity index (χ2v) is 11.8. The number of nitrogens with zero attached hydrogens (tertiary/aromatic N) is 8. The maximum Gasteiger partial charge on any atom is 0.435 e. The predicted octanol–water partition coefficient (Wildman–Crippen LogP) is 3.08. The number of aromatic nitrogens is 5. The van der Waals surface area contributed by atoms with Gasteiger partial charge >= 0.3 is 6.18 Å². The number of nitrogens with one attached hydrogen (secondary N) is 2. The number of carbonyl (C=O) groups excluding carboxylic acids is 2. The first-order chi connectivity index (χ1) is 22.0. The van der Waals surface area contributed by atoms with E-state index in [9.17, 15) is 22.8 Å². The largest absolute Gasteiger partial charge is 0.435 e. The number of alkyl halides is 3. The van der Waals surface area contributed by atoms with Crippen molar-refractivity contribution in [2.24, 2.45) is 17.8 Å². The molecule has 2 amide bonds. The van der Waals surface area contributed by atoms with Gasteiger partial charge in [-0.05, 0) is 49.5 Å². The highest BCUT2D eigenvalue weighted by Gasteiger charge is 2.58. The highest BCUT2D eigenvalue weighted by molar-refractivity contribution is 5.97. The second kappa shape index (κ2) is 11.1. The van der Waals surface area contributed by atoms with Gasteiger partial charge in [0.25, 0.3) is 5.91 Å². The van der Waals surface area contributed by atoms with Gasteiger partial charge in [-0.3, -0.25) is 18.7 Å². The van der Waals surface area contributed by atoms with Crippen LogP contribution in [0.15, 0.2) is 36.9 Å². The molecule has 1 aliphatic carbocycles. The van der Waals surface area contributed by atoms with E-state index in [2.05, 4.69) is 25.7 Å². The van der Waals surface area contributed by atoms with Crippen LogP contribution in [0.25, 0.3) is 16.9 Å². The van der Waals surface area contributed by atoms with Crippen molar-refractivity contribution in [3.05, 3.63) is 59.6 Å². The Morgan fingerprint density at radius 3 is 2.50 bits per heavy atom. The van der Waals surface area contributed by atoms with Gasteiger partial charge in [0.1, 0.15) is 12.4 Å². The fourth-order valence-corrected chi connectivity index (χ4v) is 6.69. The van der Waals surface area contributed by atoms with E-state index in [0.29, 0.717) is 43.6 Å². The molecule has 1 saturated carbocycles. The number of anilines is 2. The molecule has 3 aliphatic rings. The molecule has 0 radical (unpaired) electrons. The summed E-state index contributed by atoms with van der Waals surface area (Å²) >= 11 is 0. The number of fused-ring (bicyclic) bond motifs is 2. The average Bonchev–Trinajstić information content (AvgIpc) is 3.43. The van der Waals surface area contributed by atoms with E-state index in [4.69, 9.17) is 5.26 Å². The summed E-state index contributed by atoms with van der Waals surface area (Å²) in [6.07, 6.45) is 0.371. The Morgan fingerprint density at radius 1 is 1.11 bits per heavy atom. The van der Waals surface area contributed by atoms with Crippen molar-refractivity contribution in [2.45, 2.75) is 19.6 Å². The molecule has 2 saturated heterocycles. The van der Waals surface area contributed by atoms with Crippen LogP contribution < -0.4 is 10.6 Å². The van der Waals surface area contributed by atoms with Crippen LogP contribution in [0.2, 0.25) is 0 Å². The first-order valence-electron chi connectivity index (χ1n) is 14.7. The number of carbonyl (C=O) groups is 2. The quantitative estimate of drug-likeness (QED) is 0.309. The first-order valence-corrected chi connectivity index (χ1v) is 14.7. The number of piperidine rings is 1. The molecule has 2 N–H and O–H groups in total. The van der Waals surface area contributed by atoms with Crippen LogP contribution in [0, 0.1) is 41.8 Å². The third-order valence-corrected chi connectivity index (χ3v) is 8.99. The zero-order chi connectivity index (χ0) is 32.3. The number of hydrogen-bond acceptors (Lipinski definition) is 8. The van der Waals surface area contributed by atoms with E-state index >= 15 is 4.39 Å². The standard InChI is InChI=1S/C30H28F4N10O2/c1-16-10-17(11-21(31)23(16)28(45)41-6-8-42(9-7-41)29(46)24-18-12-36-13-19(18)24)39-26-27-38-14-22(44(27)5-3-37-26)20-15-43(4-2-35)40-25(20)30(32,33)34/h3,5,10-11,14-15,18-19,24,36H,4,6-9,12-13H2,1H3,(H,37,39)/t18-,19+,24-. The van der Waals surface area contributed by atoms with Crippen molar-refractivity contribution in [3.63, 3.8) is 0 Å². The molecule has 7 rings (SSSR count). The Hall–Kier alpha value is -5.04. The number of imidazole rings is 1. The van der Waals surface area contributed by atoms with E-state index in [0.717, 1.165) is 30.0 Å². The smallest absolute Gasteiger partial charge is 0.339 e. The molecule has 238 valence electrons. The number of aryl methyl sites for hydroxylation is 1. The molecule has 16 heteroatoms. The summed E-state index contributed by atoms with van der Waals surface area (Å²) in [5.41, 5.74) is -0.639. The third kappa shape index (κ3) is 5.10. The molecule has 1 aromatic carbocycles. The van der Waals surface area contributed by atoms with Crippen molar-refractivity contribution < 1.29 is 27.2 Å². The van der Waals surface area contributed by atoms with E-state index in [1.165, 1.54) is 23.0 Å². The van der Waals surface area contributed by atoms with Crippen molar-refractivity contribution in [2.75, 3.05) is 44.6 Å². The summed E-state index contributed by atoms with van der Waals surface area (Å²) in [6, 6.07) is 4.51. The Labute approximate surface area is 259 Å². The number of benzene rings is 1. The minimum absolute atomic E-state index is 0.0686. The lowest BCUT2D eigenvalue weighted by Crippen LogP contribution is -2.51. The topological polar surface area (TPSA) is 136 Å². The minimum Gasteiger partial charge on any atom is -0.339 e. The normalized spacial score (nSPS) is 20.9. The molecular formula is C30H28F4N10O2. The van der Waals surface area contributed by atoms with Gasteiger partial charge < -0.3 is 20.4 Å². The average molecular weight is 637 g/mol. The summed E-state index contributed by atoms with van der Waals surface area (Å²) in [7, 11) is 0. The van der Waals surface area contributed by atoms with Crippen molar-refractivity contribution in [1.82, 2.24) is 39.3 Å². The molecule has 0 bridgehead atoms. The predicted molar refractivity (Wildman–Crippen MR) is 155 cm³/mol. The monoisotopic (exact) mass is 636 g/mol. The molecule has 4 aromatic rings. The number of hydrogen-bond donors (Lipinski definition) is 2. The molecule has 3 atom stereocenters. The summed E-state index contributed by atoms with van der Waals surface area (Å²) in [5, 5.41) is 18.7. The van der Waals surface area contributed by atoms with Gasteiger partial charge in [0, 0.05) is 56.4 Å². The second-order valence-electron chi connectivity index (χ2n) is 11.8. The number of piperazine rings is 1. The summed E-state index contributed by atoms with van der Waals surface area (Å²) in [5.74, 6) is -0.0300. The Kier molecular flexibility index (Phi) is 7.15. The van der Waals surface area contributed by atoms with Crippen LogP contribution in [-0.2, 0) is 17.5 Å². The highest BCUT2D eigenvalue weighted by Crippen LogP contribution is 2.49. The summed E-state index contributed by atoms with van der Waals surface area (Å²) in [4.78, 5) is 38.1. The van der Waals surface area contributed by atoms with Gasteiger partial charge in [-0.15, -0.1) is 0 Å². The SMILES string of the molecule is Cc1cc(Nc2nccn3c(-c4cn(CC#N)nc4C(F)(F)F)cnc23)cc(F)c1C(=O)N1CCN(C(=O)[C@@H]2[C@@H]3CNC[C@@H]32)CC1. The third-order valence-electron chi connectivity index (χ3n) is 8.99. The van der Waals surface area contributed by atoms with Crippen LogP contribution in [0.1, 0.15) is 21.6 Å². The lowest BCUT2D eigenvalue weighted by atomic mass is 10.0. The molecule has 3 aromatic heterocycles. The zero-order valence-electron chi connectivity index (χ0n) is 24.6. The van der Waals surface area contributed by atoms with Crippen LogP contribution in [0.5, 0.6) is 0 Å². The van der Waals surface area contributed by atoms with Gasteiger partial charge in [0.05, 0.1) is 29.1 Å². The molecule has 12 nitrogen and oxygen atoms in total. The highest BCUT2D eigenvalue weighted by atomic mass is 19.4. The Bertz CT molecular complexity index is 1870. The lowest BCUT2D eigenvalue weighted by molar-refractivity contribution is -0.141. The Morgan fingerprint density at radius 2 is 1.83 bits per heavy atom. The van der Waals surface area contributed by atoms with Crippen molar-refractivity contribution in [3.8, 4) is 17.3 Å². The van der Waals surface area contributed by atoms with Crippen molar-refractivity contribution >= 4 is 29.0 Å². The molecule has 46 heavy (non-hydrogen) atoms. The molecular weight excluding hydrogens is 608 g/mol. The molecule has 3 fully saturated rings. The van der Waals surface area contributed by atoms with E-state index in [-0.39, 0.29) is 52.3 Å². The molecule has 0 unspecified atom stereocenters. The van der Waals surface area contributed by atoms with Crippen LogP contribution in [0.3, 0.4) is 0 Å². The fraction of sp³-hybridized carbons (Fsp3) is 0.400. The summed E-state index contributed by atoms with van der Waals surface area (Å²) < 4.78 is 59.1. The molecule has 0 spiro atoms. The minimum atomic E-state index is -4.78. The number of nitriles is 1. The van der Waals surface area contributed by atoms with Gasteiger partial charge in [0.15, 0.2) is 17.2 Å². The maximum atomic E-state index is 15.5. The number of rotatable bonds is 6. The lowest BCUT2D eigenvalue weighted by Gasteiger charge is -2.35. The number of halogens is 4. The van der Waals surface area contributed by atoms with E-state index in [1.54, 1.807) is 28.9 Å². The van der Waals surface area contributed by atoms with Crippen molar-refractivity contribution in [1.29, 1.82) is 5.26 Å². The molecule has 5 heterocycles. The Balaban J connectivity index is 1.08. The fourth-order valence-electron chi connectivity index (χ4n) is 6.69. The van der Waals surface area contributed by atoms with Gasteiger partial charge in [-0.2, -0.15) is 23.5 Å². The van der Waals surface area contributed by atoms with E-state index in [1.807, 2.05) is 0 Å². The zero-order valence-corrected chi connectivity index (χ0v) is 24.6. The molecule has 2 aliphatic heterocycles. The number of amides is 2. The van der Waals surface area contributed by atoms with E-state index < -0.39 is 23.6 Å². The first kappa shape index (κ1) is 29.7. The van der Waals surface area contributed by atoms with Gasteiger partial charge in [0.2, 0.25) is 5.91 Å². The summed E-state index contributed by atoms with van der Waals surface area (Å²) in [6.45, 7) is 4.41. The van der Waals surface area contributed by atoms with Gasteiger partial charge in [-0.1, -0.05) is 0 Å². The van der Waals surface area contributed by atoms with Crippen LogP contribution in [0.4, 0.5) is 29.1 Å².